The summed E-state index contributed by atoms with van der Waals surface area (Å²) in [4.78, 5) is 26.3. The highest BCUT2D eigenvalue weighted by atomic mass is 16.4. The van der Waals surface area contributed by atoms with Crippen molar-refractivity contribution in [3.63, 3.8) is 0 Å². The first-order chi connectivity index (χ1) is 10.6. The Balaban J connectivity index is 1.83. The van der Waals surface area contributed by atoms with Gasteiger partial charge in [0.1, 0.15) is 17.9 Å². The molecule has 3 rings (SSSR count). The summed E-state index contributed by atoms with van der Waals surface area (Å²) < 4.78 is 0. The summed E-state index contributed by atoms with van der Waals surface area (Å²) >= 11 is 0. The first-order valence-corrected chi connectivity index (χ1v) is 6.63. The Bertz CT molecular complexity index is 801. The molecule has 3 aromatic rings. The van der Waals surface area contributed by atoms with Gasteiger partial charge in [-0.15, -0.1) is 0 Å². The van der Waals surface area contributed by atoms with E-state index in [1.165, 1.54) is 6.33 Å². The Morgan fingerprint density at radius 1 is 1.32 bits per heavy atom. The molecule has 112 valence electrons. The predicted molar refractivity (Wildman–Crippen MR) is 81.3 cm³/mol. The number of nitrogen functional groups attached to an aromatic ring is 1. The molecule has 5 N–H and O–H groups in total. The monoisotopic (exact) mass is 298 g/mol. The topological polar surface area (TPSA) is 130 Å². The lowest BCUT2D eigenvalue weighted by Crippen LogP contribution is -2.31. The van der Waals surface area contributed by atoms with E-state index in [-0.39, 0.29) is 5.82 Å². The Labute approximate surface area is 125 Å². The van der Waals surface area contributed by atoms with E-state index in [0.29, 0.717) is 23.5 Å². The van der Waals surface area contributed by atoms with Crippen LogP contribution in [0.2, 0.25) is 0 Å². The maximum atomic E-state index is 11.4. The smallest absolute Gasteiger partial charge is 0.326 e. The van der Waals surface area contributed by atoms with Gasteiger partial charge in [-0.25, -0.2) is 14.8 Å². The van der Waals surface area contributed by atoms with Gasteiger partial charge in [-0.05, 0) is 5.56 Å². The highest BCUT2D eigenvalue weighted by Gasteiger charge is 2.19. The number of carbonyl (C=O) groups is 1. The van der Waals surface area contributed by atoms with Crippen molar-refractivity contribution in [3.05, 3.63) is 42.2 Å². The van der Waals surface area contributed by atoms with Crippen LogP contribution in [0.3, 0.4) is 0 Å². The number of fused-ring (bicyclic) bond motifs is 1. The normalized spacial score (nSPS) is 12.2. The van der Waals surface area contributed by atoms with Crippen molar-refractivity contribution in [2.24, 2.45) is 0 Å². The number of imidazole rings is 1. The van der Waals surface area contributed by atoms with E-state index in [1.807, 2.05) is 30.3 Å². The number of nitrogens with zero attached hydrogens (tertiary/aromatic N) is 3. The molecule has 22 heavy (non-hydrogen) atoms. The van der Waals surface area contributed by atoms with Crippen LogP contribution in [0.25, 0.3) is 11.2 Å². The van der Waals surface area contributed by atoms with E-state index in [9.17, 15) is 9.90 Å². The SMILES string of the molecule is Nc1ncnc2nc(N[C@@H](Cc3ccccc3)C(=O)O)[nH]c12. The average molecular weight is 298 g/mol. The molecule has 2 heterocycles. The van der Waals surface area contributed by atoms with Gasteiger partial charge in [-0.3, -0.25) is 0 Å². The molecule has 0 unspecified atom stereocenters. The molecule has 0 spiro atoms. The Hall–Kier alpha value is -3.16. The summed E-state index contributed by atoms with van der Waals surface area (Å²) in [5.41, 5.74) is 7.50. The second-order valence-electron chi connectivity index (χ2n) is 4.77. The number of H-pyrrole nitrogens is 1. The van der Waals surface area contributed by atoms with Gasteiger partial charge >= 0.3 is 5.97 Å². The quantitative estimate of drug-likeness (QED) is 0.553. The Morgan fingerprint density at radius 3 is 2.77 bits per heavy atom. The summed E-state index contributed by atoms with van der Waals surface area (Å²) in [7, 11) is 0. The van der Waals surface area contributed by atoms with Crippen molar-refractivity contribution in [1.29, 1.82) is 0 Å². The minimum Gasteiger partial charge on any atom is -0.480 e. The van der Waals surface area contributed by atoms with Gasteiger partial charge in [0.2, 0.25) is 5.95 Å². The first-order valence-electron chi connectivity index (χ1n) is 6.63. The molecule has 0 amide bonds. The number of nitrogens with two attached hydrogens (primary N) is 1. The maximum Gasteiger partial charge on any atom is 0.326 e. The van der Waals surface area contributed by atoms with E-state index in [0.717, 1.165) is 5.56 Å². The second kappa shape index (κ2) is 5.68. The molecule has 0 aliphatic heterocycles. The Morgan fingerprint density at radius 2 is 2.09 bits per heavy atom. The highest BCUT2D eigenvalue weighted by molar-refractivity contribution is 5.84. The summed E-state index contributed by atoms with van der Waals surface area (Å²) in [5.74, 6) is -0.408. The number of rotatable bonds is 5. The summed E-state index contributed by atoms with van der Waals surface area (Å²) in [5, 5.41) is 12.2. The fraction of sp³-hybridized carbons (Fsp3) is 0.143. The number of carboxylic acids is 1. The molecule has 1 atom stereocenters. The van der Waals surface area contributed by atoms with Crippen LogP contribution in [0.4, 0.5) is 11.8 Å². The molecular weight excluding hydrogens is 284 g/mol. The maximum absolute atomic E-state index is 11.4. The largest absolute Gasteiger partial charge is 0.480 e. The standard InChI is InChI=1S/C14H14N6O2/c15-11-10-12(17-7-16-11)20-14(19-10)18-9(13(21)22)6-8-4-2-1-3-5-8/h1-5,7,9H,6H2,(H,21,22)(H4,15,16,17,18,19,20)/t9-/m0/s1. The van der Waals surface area contributed by atoms with E-state index in [4.69, 9.17) is 5.73 Å². The molecule has 0 fully saturated rings. The molecule has 2 aromatic heterocycles. The van der Waals surface area contributed by atoms with Gasteiger partial charge in [0.15, 0.2) is 11.5 Å². The van der Waals surface area contributed by atoms with Crippen molar-refractivity contribution in [1.82, 2.24) is 19.9 Å². The van der Waals surface area contributed by atoms with Crippen LogP contribution >= 0.6 is 0 Å². The van der Waals surface area contributed by atoms with E-state index in [2.05, 4.69) is 25.3 Å². The van der Waals surface area contributed by atoms with Gasteiger partial charge < -0.3 is 21.1 Å². The predicted octanol–water partition coefficient (Wildman–Crippen LogP) is 1.04. The van der Waals surface area contributed by atoms with Crippen molar-refractivity contribution >= 4 is 28.9 Å². The molecule has 8 nitrogen and oxygen atoms in total. The van der Waals surface area contributed by atoms with Crippen molar-refractivity contribution < 1.29 is 9.90 Å². The van der Waals surface area contributed by atoms with Crippen molar-refractivity contribution in [2.75, 3.05) is 11.1 Å². The lowest BCUT2D eigenvalue weighted by Gasteiger charge is -2.13. The molecule has 0 aliphatic carbocycles. The first kappa shape index (κ1) is 13.8. The number of hydrogen-bond acceptors (Lipinski definition) is 6. The molecule has 0 bridgehead atoms. The van der Waals surface area contributed by atoms with Gasteiger partial charge in [0, 0.05) is 6.42 Å². The van der Waals surface area contributed by atoms with Crippen LogP contribution in [0.5, 0.6) is 0 Å². The number of aromatic nitrogens is 4. The van der Waals surface area contributed by atoms with E-state index >= 15 is 0 Å². The fourth-order valence-electron chi connectivity index (χ4n) is 2.13. The van der Waals surface area contributed by atoms with Crippen LogP contribution in [0.1, 0.15) is 5.56 Å². The lowest BCUT2D eigenvalue weighted by atomic mass is 10.1. The van der Waals surface area contributed by atoms with Gasteiger partial charge in [-0.1, -0.05) is 30.3 Å². The van der Waals surface area contributed by atoms with E-state index < -0.39 is 12.0 Å². The molecule has 0 radical (unpaired) electrons. The highest BCUT2D eigenvalue weighted by Crippen LogP contribution is 2.17. The number of aliphatic carboxylic acids is 1. The van der Waals surface area contributed by atoms with E-state index in [1.54, 1.807) is 0 Å². The number of benzene rings is 1. The van der Waals surface area contributed by atoms with Crippen LogP contribution in [-0.2, 0) is 11.2 Å². The molecule has 0 saturated heterocycles. The molecular formula is C14H14N6O2. The van der Waals surface area contributed by atoms with Crippen LogP contribution < -0.4 is 11.1 Å². The Kier molecular flexibility index (Phi) is 3.57. The van der Waals surface area contributed by atoms with Crippen molar-refractivity contribution in [3.8, 4) is 0 Å². The number of hydrogen-bond donors (Lipinski definition) is 4. The molecule has 1 aromatic carbocycles. The zero-order chi connectivity index (χ0) is 15.5. The summed E-state index contributed by atoms with van der Waals surface area (Å²) in [6, 6.07) is 8.54. The average Bonchev–Trinajstić information content (AvgIpc) is 2.92. The lowest BCUT2D eigenvalue weighted by molar-refractivity contribution is -0.137. The minimum atomic E-state index is -0.969. The number of carboxylic acid groups (broad SMARTS) is 1. The summed E-state index contributed by atoms with van der Waals surface area (Å²) in [6.45, 7) is 0. The summed E-state index contributed by atoms with van der Waals surface area (Å²) in [6.07, 6.45) is 1.63. The second-order valence-corrected chi connectivity index (χ2v) is 4.77. The third-order valence-electron chi connectivity index (χ3n) is 3.21. The fourth-order valence-corrected chi connectivity index (χ4v) is 2.13. The van der Waals surface area contributed by atoms with Crippen LogP contribution in [-0.4, -0.2) is 37.1 Å². The van der Waals surface area contributed by atoms with Crippen LogP contribution in [0.15, 0.2) is 36.7 Å². The zero-order valence-electron chi connectivity index (χ0n) is 11.5. The van der Waals surface area contributed by atoms with Gasteiger partial charge in [0.25, 0.3) is 0 Å². The number of anilines is 2. The minimum absolute atomic E-state index is 0.264. The number of aromatic amines is 1. The zero-order valence-corrected chi connectivity index (χ0v) is 11.5. The molecule has 0 saturated carbocycles. The molecule has 0 aliphatic rings. The van der Waals surface area contributed by atoms with Gasteiger partial charge in [0.05, 0.1) is 0 Å². The third kappa shape index (κ3) is 2.80. The molecule has 8 heteroatoms. The van der Waals surface area contributed by atoms with Gasteiger partial charge in [-0.2, -0.15) is 4.98 Å². The van der Waals surface area contributed by atoms with Crippen molar-refractivity contribution in [2.45, 2.75) is 12.5 Å². The van der Waals surface area contributed by atoms with Crippen LogP contribution in [0, 0.1) is 0 Å². The third-order valence-corrected chi connectivity index (χ3v) is 3.21. The number of nitrogens with one attached hydrogen (secondary N) is 2.